The fourth-order valence-corrected chi connectivity index (χ4v) is 4.02. The Kier molecular flexibility index (Phi) is 4.15. The first-order valence-corrected chi connectivity index (χ1v) is 9.58. The number of aromatic nitrogens is 1. The summed E-state index contributed by atoms with van der Waals surface area (Å²) in [5.74, 6) is 1.97. The molecule has 7 nitrogen and oxygen atoms in total. The second-order valence-corrected chi connectivity index (χ2v) is 7.42. The van der Waals surface area contributed by atoms with Crippen LogP contribution in [0.25, 0.3) is 0 Å². The Bertz CT molecular complexity index is 909. The van der Waals surface area contributed by atoms with Crippen LogP contribution in [0.1, 0.15) is 28.3 Å². The maximum Gasteiger partial charge on any atom is 0.255 e. The third kappa shape index (κ3) is 3.06. The van der Waals surface area contributed by atoms with Crippen molar-refractivity contribution in [2.24, 2.45) is 5.92 Å². The third-order valence-electron chi connectivity index (χ3n) is 5.72. The number of carbonyl (C=O) groups is 2. The summed E-state index contributed by atoms with van der Waals surface area (Å²) in [6.45, 7) is 2.53. The second kappa shape index (κ2) is 6.82. The summed E-state index contributed by atoms with van der Waals surface area (Å²) in [5, 5.41) is 0. The van der Waals surface area contributed by atoms with Crippen LogP contribution in [-0.4, -0.2) is 59.6 Å². The highest BCUT2D eigenvalue weighted by Gasteiger charge is 2.46. The molecule has 1 saturated heterocycles. The van der Waals surface area contributed by atoms with Gasteiger partial charge in [0.15, 0.2) is 11.5 Å². The van der Waals surface area contributed by atoms with Gasteiger partial charge in [0.2, 0.25) is 12.7 Å². The molecule has 144 valence electrons. The van der Waals surface area contributed by atoms with Gasteiger partial charge in [-0.25, -0.2) is 0 Å². The highest BCUT2D eigenvalue weighted by Crippen LogP contribution is 2.50. The molecule has 5 rings (SSSR count). The van der Waals surface area contributed by atoms with Crippen molar-refractivity contribution in [2.45, 2.75) is 12.3 Å². The third-order valence-corrected chi connectivity index (χ3v) is 5.72. The molecule has 28 heavy (non-hydrogen) atoms. The molecule has 3 heterocycles. The van der Waals surface area contributed by atoms with E-state index in [1.807, 2.05) is 23.1 Å². The lowest BCUT2D eigenvalue weighted by molar-refractivity contribution is -0.134. The van der Waals surface area contributed by atoms with Gasteiger partial charge in [0.25, 0.3) is 5.91 Å². The zero-order chi connectivity index (χ0) is 19.1. The number of rotatable bonds is 3. The molecule has 2 fully saturated rings. The van der Waals surface area contributed by atoms with Crippen molar-refractivity contribution in [2.75, 3.05) is 33.0 Å². The Morgan fingerprint density at radius 2 is 1.79 bits per heavy atom. The number of benzene rings is 1. The van der Waals surface area contributed by atoms with Gasteiger partial charge < -0.3 is 19.3 Å². The van der Waals surface area contributed by atoms with E-state index in [4.69, 9.17) is 9.47 Å². The minimum absolute atomic E-state index is 0.0233. The molecule has 1 aromatic carbocycles. The lowest BCUT2D eigenvalue weighted by Gasteiger charge is -2.35. The fraction of sp³-hybridized carbons (Fsp3) is 0.381. The molecule has 3 aliphatic rings. The average molecular weight is 379 g/mol. The molecule has 2 atom stereocenters. The summed E-state index contributed by atoms with van der Waals surface area (Å²) in [6, 6.07) is 9.46. The molecule has 0 radical (unpaired) electrons. The molecular weight excluding hydrogens is 358 g/mol. The zero-order valence-corrected chi connectivity index (χ0v) is 15.4. The van der Waals surface area contributed by atoms with Crippen LogP contribution in [0.3, 0.4) is 0 Å². The van der Waals surface area contributed by atoms with Gasteiger partial charge in [-0.2, -0.15) is 0 Å². The van der Waals surface area contributed by atoms with E-state index in [1.54, 1.807) is 29.4 Å². The van der Waals surface area contributed by atoms with Crippen LogP contribution >= 0.6 is 0 Å². The SMILES string of the molecule is O=C(c1cccnc1)N1CCN(C(=O)C2CC2c2ccc3c(c2)OCO3)CC1. The van der Waals surface area contributed by atoms with Gasteiger partial charge in [-0.05, 0) is 42.2 Å². The number of hydrogen-bond donors (Lipinski definition) is 0. The van der Waals surface area contributed by atoms with E-state index in [0.717, 1.165) is 23.5 Å². The first kappa shape index (κ1) is 17.0. The van der Waals surface area contributed by atoms with Crippen LogP contribution in [0, 0.1) is 5.92 Å². The molecule has 7 heteroatoms. The molecule has 1 saturated carbocycles. The van der Waals surface area contributed by atoms with E-state index < -0.39 is 0 Å². The number of hydrogen-bond acceptors (Lipinski definition) is 5. The molecule has 0 spiro atoms. The average Bonchev–Trinajstić information content (AvgIpc) is 3.42. The van der Waals surface area contributed by atoms with Crippen molar-refractivity contribution in [1.29, 1.82) is 0 Å². The van der Waals surface area contributed by atoms with E-state index in [1.165, 1.54) is 0 Å². The van der Waals surface area contributed by atoms with E-state index in [2.05, 4.69) is 4.98 Å². The number of fused-ring (bicyclic) bond motifs is 1. The lowest BCUT2D eigenvalue weighted by Crippen LogP contribution is -2.51. The van der Waals surface area contributed by atoms with E-state index in [-0.39, 0.29) is 30.4 Å². The van der Waals surface area contributed by atoms with Crippen molar-refractivity contribution in [3.8, 4) is 11.5 Å². The number of amides is 2. The predicted molar refractivity (Wildman–Crippen MR) is 100 cm³/mol. The predicted octanol–water partition coefficient (Wildman–Crippen LogP) is 1.90. The standard InChI is InChI=1S/C21H21N3O4/c25-20(15-2-1-5-22-12-15)23-6-8-24(9-7-23)21(26)17-11-16(17)14-3-4-18-19(10-14)28-13-27-18/h1-5,10,12,16-17H,6-9,11,13H2. The summed E-state index contributed by atoms with van der Waals surface area (Å²) in [6.07, 6.45) is 4.10. The van der Waals surface area contributed by atoms with Crippen molar-refractivity contribution in [3.05, 3.63) is 53.9 Å². The van der Waals surface area contributed by atoms with Crippen LogP contribution in [0.2, 0.25) is 0 Å². The van der Waals surface area contributed by atoms with Crippen LogP contribution < -0.4 is 9.47 Å². The minimum atomic E-state index is -0.0233. The summed E-state index contributed by atoms with van der Waals surface area (Å²) in [7, 11) is 0. The van der Waals surface area contributed by atoms with Gasteiger partial charge in [-0.15, -0.1) is 0 Å². The molecule has 1 aromatic heterocycles. The molecule has 1 aliphatic carbocycles. The maximum absolute atomic E-state index is 12.9. The Hall–Kier alpha value is -3.09. The summed E-state index contributed by atoms with van der Waals surface area (Å²) < 4.78 is 10.8. The van der Waals surface area contributed by atoms with Gasteiger partial charge in [0.05, 0.1) is 5.56 Å². The van der Waals surface area contributed by atoms with Crippen LogP contribution in [0.5, 0.6) is 11.5 Å². The van der Waals surface area contributed by atoms with E-state index in [0.29, 0.717) is 31.7 Å². The maximum atomic E-state index is 12.9. The number of carbonyl (C=O) groups excluding carboxylic acids is 2. The number of piperazine rings is 1. The molecule has 2 amide bonds. The largest absolute Gasteiger partial charge is 0.454 e. The Labute approximate surface area is 162 Å². The van der Waals surface area contributed by atoms with E-state index >= 15 is 0 Å². The highest BCUT2D eigenvalue weighted by atomic mass is 16.7. The molecule has 0 N–H and O–H groups in total. The highest BCUT2D eigenvalue weighted by molar-refractivity contribution is 5.94. The number of nitrogens with zero attached hydrogens (tertiary/aromatic N) is 3. The van der Waals surface area contributed by atoms with Crippen molar-refractivity contribution >= 4 is 11.8 Å². The molecule has 2 aliphatic heterocycles. The van der Waals surface area contributed by atoms with Gasteiger partial charge in [-0.3, -0.25) is 14.6 Å². The monoisotopic (exact) mass is 379 g/mol. The second-order valence-electron chi connectivity index (χ2n) is 7.42. The topological polar surface area (TPSA) is 72.0 Å². The molecule has 2 aromatic rings. The van der Waals surface area contributed by atoms with Crippen molar-refractivity contribution in [3.63, 3.8) is 0 Å². The fourth-order valence-electron chi connectivity index (χ4n) is 4.02. The molecular formula is C21H21N3O4. The quantitative estimate of drug-likeness (QED) is 0.815. The van der Waals surface area contributed by atoms with Gasteiger partial charge in [-0.1, -0.05) is 6.07 Å². The first-order chi connectivity index (χ1) is 13.7. The van der Waals surface area contributed by atoms with Gasteiger partial charge >= 0.3 is 0 Å². The summed E-state index contributed by atoms with van der Waals surface area (Å²) in [5.41, 5.74) is 1.72. The van der Waals surface area contributed by atoms with Gasteiger partial charge in [0.1, 0.15) is 0 Å². The number of ether oxygens (including phenoxy) is 2. The van der Waals surface area contributed by atoms with Crippen LogP contribution in [0.4, 0.5) is 0 Å². The van der Waals surface area contributed by atoms with Crippen LogP contribution in [-0.2, 0) is 4.79 Å². The first-order valence-electron chi connectivity index (χ1n) is 9.58. The van der Waals surface area contributed by atoms with Crippen molar-refractivity contribution in [1.82, 2.24) is 14.8 Å². The summed E-state index contributed by atoms with van der Waals surface area (Å²) in [4.78, 5) is 33.1. The lowest BCUT2D eigenvalue weighted by atomic mass is 10.1. The smallest absolute Gasteiger partial charge is 0.255 e. The summed E-state index contributed by atoms with van der Waals surface area (Å²) >= 11 is 0. The van der Waals surface area contributed by atoms with E-state index in [9.17, 15) is 9.59 Å². The Morgan fingerprint density at radius 3 is 2.57 bits per heavy atom. The normalized spacial score (nSPS) is 22.9. The van der Waals surface area contributed by atoms with Crippen molar-refractivity contribution < 1.29 is 19.1 Å². The Morgan fingerprint density at radius 1 is 1.00 bits per heavy atom. The van der Waals surface area contributed by atoms with Gasteiger partial charge in [0, 0.05) is 44.5 Å². The minimum Gasteiger partial charge on any atom is -0.454 e. The van der Waals surface area contributed by atoms with Crippen LogP contribution in [0.15, 0.2) is 42.7 Å². The Balaban J connectivity index is 1.17. The molecule has 0 bridgehead atoms. The molecule has 2 unspecified atom stereocenters. The zero-order valence-electron chi connectivity index (χ0n) is 15.4. The number of pyridine rings is 1.